The first-order chi connectivity index (χ1) is 14.5. The van der Waals surface area contributed by atoms with Gasteiger partial charge in [0.15, 0.2) is 5.96 Å². The van der Waals surface area contributed by atoms with Gasteiger partial charge in [-0.05, 0) is 76.6 Å². The summed E-state index contributed by atoms with van der Waals surface area (Å²) in [5.74, 6) is 1.95. The monoisotopic (exact) mass is 430 g/mol. The van der Waals surface area contributed by atoms with Gasteiger partial charge in [-0.2, -0.15) is 5.10 Å². The average Bonchev–Trinajstić information content (AvgIpc) is 3.34. The van der Waals surface area contributed by atoms with Crippen LogP contribution >= 0.6 is 11.3 Å². The number of aryl methyl sites for hydroxylation is 2. The smallest absolute Gasteiger partial charge is 0.191 e. The van der Waals surface area contributed by atoms with Gasteiger partial charge in [0.1, 0.15) is 0 Å². The molecule has 0 saturated carbocycles. The number of aromatic nitrogens is 2. The van der Waals surface area contributed by atoms with Crippen LogP contribution in [0.2, 0.25) is 0 Å². The van der Waals surface area contributed by atoms with Crippen molar-refractivity contribution in [3.63, 3.8) is 0 Å². The molecule has 0 spiro atoms. The Hall–Kier alpha value is -1.86. The SMILES string of the molecule is CCNC(=NCC(C)Cn1nc(C)cc1C)NCC1CCCN(C)C1c1cccs1. The third-order valence-electron chi connectivity index (χ3n) is 5.87. The summed E-state index contributed by atoms with van der Waals surface area (Å²) >= 11 is 1.88. The van der Waals surface area contributed by atoms with Crippen LogP contribution in [0.3, 0.4) is 0 Å². The van der Waals surface area contributed by atoms with E-state index in [0.717, 1.165) is 37.8 Å². The summed E-state index contributed by atoms with van der Waals surface area (Å²) in [4.78, 5) is 8.87. The van der Waals surface area contributed by atoms with Gasteiger partial charge >= 0.3 is 0 Å². The minimum absolute atomic E-state index is 0.429. The molecule has 3 unspecified atom stereocenters. The number of rotatable bonds is 8. The predicted molar refractivity (Wildman–Crippen MR) is 127 cm³/mol. The first-order valence-corrected chi connectivity index (χ1v) is 12.1. The van der Waals surface area contributed by atoms with E-state index in [1.807, 2.05) is 18.3 Å². The second-order valence-corrected chi connectivity index (χ2v) is 9.64. The molecule has 0 radical (unpaired) electrons. The van der Waals surface area contributed by atoms with Gasteiger partial charge in [0, 0.05) is 42.8 Å². The molecule has 1 fully saturated rings. The Morgan fingerprint density at radius 1 is 1.37 bits per heavy atom. The van der Waals surface area contributed by atoms with E-state index in [4.69, 9.17) is 4.99 Å². The van der Waals surface area contributed by atoms with Crippen molar-refractivity contribution in [3.8, 4) is 0 Å². The Morgan fingerprint density at radius 2 is 2.20 bits per heavy atom. The molecule has 1 saturated heterocycles. The van der Waals surface area contributed by atoms with Crippen LogP contribution in [0.25, 0.3) is 0 Å². The number of likely N-dealkylation sites (tertiary alicyclic amines) is 1. The van der Waals surface area contributed by atoms with E-state index in [0.29, 0.717) is 17.9 Å². The predicted octanol–water partition coefficient (Wildman–Crippen LogP) is 3.84. The third kappa shape index (κ3) is 6.08. The molecule has 3 heterocycles. The largest absolute Gasteiger partial charge is 0.357 e. The van der Waals surface area contributed by atoms with E-state index in [2.05, 4.69) is 76.7 Å². The molecule has 166 valence electrons. The van der Waals surface area contributed by atoms with Crippen LogP contribution in [0.4, 0.5) is 0 Å². The molecule has 0 bridgehead atoms. The van der Waals surface area contributed by atoms with Crippen LogP contribution in [-0.4, -0.2) is 53.9 Å². The fraction of sp³-hybridized carbons (Fsp3) is 0.652. The summed E-state index contributed by atoms with van der Waals surface area (Å²) in [5, 5.41) is 13.8. The first kappa shape index (κ1) is 22.8. The summed E-state index contributed by atoms with van der Waals surface area (Å²) in [6, 6.07) is 7.08. The Kier molecular flexibility index (Phi) is 8.33. The maximum Gasteiger partial charge on any atom is 0.191 e. The number of guanidine groups is 1. The van der Waals surface area contributed by atoms with Crippen LogP contribution in [0.1, 0.15) is 49.0 Å². The zero-order chi connectivity index (χ0) is 21.5. The quantitative estimate of drug-likeness (QED) is 0.494. The number of nitrogens with one attached hydrogen (secondary N) is 2. The molecular formula is C23H38N6S. The fourth-order valence-corrected chi connectivity index (χ4v) is 5.40. The van der Waals surface area contributed by atoms with E-state index < -0.39 is 0 Å². The van der Waals surface area contributed by atoms with Crippen molar-refractivity contribution in [1.82, 2.24) is 25.3 Å². The molecule has 6 nitrogen and oxygen atoms in total. The number of nitrogens with zero attached hydrogens (tertiary/aromatic N) is 4. The molecule has 30 heavy (non-hydrogen) atoms. The summed E-state index contributed by atoms with van der Waals surface area (Å²) < 4.78 is 2.10. The summed E-state index contributed by atoms with van der Waals surface area (Å²) in [5.41, 5.74) is 2.30. The van der Waals surface area contributed by atoms with Crippen LogP contribution in [0.5, 0.6) is 0 Å². The van der Waals surface area contributed by atoms with Gasteiger partial charge in [-0.3, -0.25) is 14.6 Å². The first-order valence-electron chi connectivity index (χ1n) is 11.2. The van der Waals surface area contributed by atoms with Gasteiger partial charge in [0.2, 0.25) is 0 Å². The highest BCUT2D eigenvalue weighted by Crippen LogP contribution is 2.36. The Labute approximate surface area is 185 Å². The number of hydrogen-bond donors (Lipinski definition) is 2. The summed E-state index contributed by atoms with van der Waals surface area (Å²) in [6.07, 6.45) is 2.52. The molecule has 7 heteroatoms. The standard InChI is InChI=1S/C23H38N6S/c1-6-24-23(25-14-17(2)16-29-19(4)13-18(3)27-29)26-15-20-9-7-11-28(5)22(20)21-10-8-12-30-21/h8,10,12-13,17,20,22H,6-7,9,11,14-16H2,1-5H3,(H2,24,25,26). The van der Waals surface area contributed by atoms with E-state index in [-0.39, 0.29) is 0 Å². The van der Waals surface area contributed by atoms with E-state index >= 15 is 0 Å². The topological polar surface area (TPSA) is 57.5 Å². The molecule has 1 aliphatic rings. The molecule has 0 aliphatic carbocycles. The molecule has 0 amide bonds. The third-order valence-corrected chi connectivity index (χ3v) is 6.81. The normalized spacial score (nSPS) is 21.6. The Morgan fingerprint density at radius 3 is 2.87 bits per heavy atom. The van der Waals surface area contributed by atoms with Crippen molar-refractivity contribution in [1.29, 1.82) is 0 Å². The maximum atomic E-state index is 4.88. The van der Waals surface area contributed by atoms with Crippen molar-refractivity contribution in [2.75, 3.05) is 33.2 Å². The van der Waals surface area contributed by atoms with Gasteiger partial charge in [0.05, 0.1) is 5.69 Å². The lowest BCUT2D eigenvalue weighted by atomic mass is 9.88. The average molecular weight is 431 g/mol. The van der Waals surface area contributed by atoms with Crippen LogP contribution < -0.4 is 10.6 Å². The second kappa shape index (κ2) is 11.0. The van der Waals surface area contributed by atoms with Crippen molar-refractivity contribution < 1.29 is 0 Å². The maximum absolute atomic E-state index is 4.88. The van der Waals surface area contributed by atoms with Gasteiger partial charge in [-0.15, -0.1) is 11.3 Å². The van der Waals surface area contributed by atoms with Crippen LogP contribution in [-0.2, 0) is 6.54 Å². The second-order valence-electron chi connectivity index (χ2n) is 8.66. The zero-order valence-corrected chi connectivity index (χ0v) is 20.0. The highest BCUT2D eigenvalue weighted by molar-refractivity contribution is 7.10. The minimum Gasteiger partial charge on any atom is -0.357 e. The lowest BCUT2D eigenvalue weighted by Gasteiger charge is -2.39. The number of piperidine rings is 1. The molecule has 0 aromatic carbocycles. The Bertz CT molecular complexity index is 797. The van der Waals surface area contributed by atoms with Crippen LogP contribution in [0.15, 0.2) is 28.6 Å². The van der Waals surface area contributed by atoms with Crippen LogP contribution in [0, 0.1) is 25.7 Å². The number of thiophene rings is 1. The van der Waals surface area contributed by atoms with Crippen molar-refractivity contribution in [2.45, 2.75) is 53.1 Å². The van der Waals surface area contributed by atoms with Crippen molar-refractivity contribution >= 4 is 17.3 Å². The highest BCUT2D eigenvalue weighted by Gasteiger charge is 2.31. The molecule has 2 aromatic heterocycles. The lowest BCUT2D eigenvalue weighted by Crippen LogP contribution is -2.45. The van der Waals surface area contributed by atoms with Crippen molar-refractivity contribution in [2.24, 2.45) is 16.8 Å². The van der Waals surface area contributed by atoms with Gasteiger partial charge < -0.3 is 10.6 Å². The van der Waals surface area contributed by atoms with Gasteiger partial charge in [-0.25, -0.2) is 0 Å². The highest BCUT2D eigenvalue weighted by atomic mass is 32.1. The summed E-state index contributed by atoms with van der Waals surface area (Å²) in [6.45, 7) is 13.2. The number of hydrogen-bond acceptors (Lipinski definition) is 4. The fourth-order valence-electron chi connectivity index (χ4n) is 4.41. The van der Waals surface area contributed by atoms with E-state index in [9.17, 15) is 0 Å². The Balaban J connectivity index is 1.58. The molecule has 2 aromatic rings. The lowest BCUT2D eigenvalue weighted by molar-refractivity contribution is 0.125. The minimum atomic E-state index is 0.429. The molecule has 3 rings (SSSR count). The van der Waals surface area contributed by atoms with Crippen molar-refractivity contribution in [3.05, 3.63) is 39.8 Å². The molecule has 2 N–H and O–H groups in total. The van der Waals surface area contributed by atoms with E-state index in [1.54, 1.807) is 0 Å². The molecular weight excluding hydrogens is 392 g/mol. The molecule has 1 aliphatic heterocycles. The molecule has 3 atom stereocenters. The number of aliphatic imine (C=N–C) groups is 1. The van der Waals surface area contributed by atoms with E-state index in [1.165, 1.54) is 30.0 Å². The van der Waals surface area contributed by atoms with Gasteiger partial charge in [-0.1, -0.05) is 13.0 Å². The zero-order valence-electron chi connectivity index (χ0n) is 19.2. The summed E-state index contributed by atoms with van der Waals surface area (Å²) in [7, 11) is 2.26. The van der Waals surface area contributed by atoms with Gasteiger partial charge in [0.25, 0.3) is 0 Å².